The summed E-state index contributed by atoms with van der Waals surface area (Å²) in [6, 6.07) is 0. The quantitative estimate of drug-likeness (QED) is 0.787. The van der Waals surface area contributed by atoms with Gasteiger partial charge in [0.25, 0.3) is 0 Å². The normalized spacial score (nSPS) is 23.9. The minimum atomic E-state index is -2.92. The third-order valence-electron chi connectivity index (χ3n) is 3.14. The maximum absolute atomic E-state index is 11.5. The van der Waals surface area contributed by atoms with Gasteiger partial charge in [0, 0.05) is 6.54 Å². The fourth-order valence-corrected chi connectivity index (χ4v) is 4.09. The predicted molar refractivity (Wildman–Crippen MR) is 73.5 cm³/mol. The molecule has 0 saturated carbocycles. The molecule has 1 amide bonds. The summed E-state index contributed by atoms with van der Waals surface area (Å²) >= 11 is 0. The number of hydrogen-bond acceptors (Lipinski definition) is 5. The topological polar surface area (TPSA) is 98.5 Å². The largest absolute Gasteiger partial charge is 0.444 e. The van der Waals surface area contributed by atoms with Gasteiger partial charge in [0.05, 0.1) is 11.5 Å². The zero-order chi connectivity index (χ0) is 14.7. The van der Waals surface area contributed by atoms with E-state index < -0.39 is 21.5 Å². The van der Waals surface area contributed by atoms with Crippen LogP contribution in [0.2, 0.25) is 0 Å². The number of carbonyl (C=O) groups is 1. The number of amides is 1. The average Bonchev–Trinajstić information content (AvgIpc) is 2.57. The molecule has 3 N–H and O–H groups in total. The smallest absolute Gasteiger partial charge is 0.407 e. The zero-order valence-electron chi connectivity index (χ0n) is 11.8. The summed E-state index contributed by atoms with van der Waals surface area (Å²) in [6.07, 6.45) is 0.131. The molecule has 0 bridgehead atoms. The Labute approximate surface area is 115 Å². The molecule has 0 spiro atoms. The summed E-state index contributed by atoms with van der Waals surface area (Å²) in [5.41, 5.74) is 5.13. The molecule has 6 nitrogen and oxygen atoms in total. The molecule has 7 heteroatoms. The lowest BCUT2D eigenvalue weighted by molar-refractivity contribution is 0.0515. The molecular formula is C12H24N2O4S. The van der Waals surface area contributed by atoms with Crippen molar-refractivity contribution in [3.8, 4) is 0 Å². The highest BCUT2D eigenvalue weighted by atomic mass is 32.2. The van der Waals surface area contributed by atoms with Crippen LogP contribution < -0.4 is 11.1 Å². The van der Waals surface area contributed by atoms with Crippen molar-refractivity contribution in [1.29, 1.82) is 0 Å². The number of rotatable bonds is 4. The molecule has 0 radical (unpaired) electrons. The molecule has 2 unspecified atom stereocenters. The summed E-state index contributed by atoms with van der Waals surface area (Å²) in [6.45, 7) is 6.07. The van der Waals surface area contributed by atoms with Crippen molar-refractivity contribution in [1.82, 2.24) is 5.32 Å². The summed E-state index contributed by atoms with van der Waals surface area (Å²) in [5.74, 6) is 0.403. The molecular weight excluding hydrogens is 268 g/mol. The predicted octanol–water partition coefficient (Wildman–Crippen LogP) is 0.521. The van der Waals surface area contributed by atoms with Crippen molar-refractivity contribution in [2.24, 2.45) is 17.6 Å². The third-order valence-corrected chi connectivity index (χ3v) is 4.94. The fourth-order valence-electron chi connectivity index (χ4n) is 2.17. The van der Waals surface area contributed by atoms with E-state index in [1.807, 2.05) is 0 Å². The van der Waals surface area contributed by atoms with Crippen LogP contribution in [0.15, 0.2) is 0 Å². The molecule has 112 valence electrons. The second kappa shape index (κ2) is 6.09. The van der Waals surface area contributed by atoms with E-state index in [0.717, 1.165) is 0 Å². The number of ether oxygens (including phenoxy) is 1. The monoisotopic (exact) mass is 292 g/mol. The zero-order valence-corrected chi connectivity index (χ0v) is 12.6. The Morgan fingerprint density at radius 1 is 1.47 bits per heavy atom. The number of carbonyl (C=O) groups excluding carboxylic acids is 1. The van der Waals surface area contributed by atoms with E-state index in [1.54, 1.807) is 20.8 Å². The van der Waals surface area contributed by atoms with E-state index in [-0.39, 0.29) is 23.3 Å². The second-order valence-corrected chi connectivity index (χ2v) is 8.27. The van der Waals surface area contributed by atoms with Gasteiger partial charge in [0.2, 0.25) is 0 Å². The van der Waals surface area contributed by atoms with Crippen LogP contribution >= 0.6 is 0 Å². The van der Waals surface area contributed by atoms with Crippen molar-refractivity contribution < 1.29 is 17.9 Å². The Balaban J connectivity index is 2.44. The Bertz CT molecular complexity index is 414. The van der Waals surface area contributed by atoms with Crippen molar-refractivity contribution in [3.05, 3.63) is 0 Å². The van der Waals surface area contributed by atoms with Crippen LogP contribution in [-0.4, -0.2) is 44.7 Å². The third kappa shape index (κ3) is 5.78. The van der Waals surface area contributed by atoms with Gasteiger partial charge in [-0.1, -0.05) is 0 Å². The Morgan fingerprint density at radius 3 is 2.53 bits per heavy atom. The minimum absolute atomic E-state index is 0.0233. The van der Waals surface area contributed by atoms with Gasteiger partial charge in [-0.15, -0.1) is 0 Å². The van der Waals surface area contributed by atoms with E-state index in [9.17, 15) is 13.2 Å². The molecule has 0 aromatic rings. The van der Waals surface area contributed by atoms with E-state index in [4.69, 9.17) is 10.5 Å². The highest BCUT2D eigenvalue weighted by Gasteiger charge is 2.33. The van der Waals surface area contributed by atoms with Gasteiger partial charge in [0.15, 0.2) is 9.84 Å². The molecule has 1 aliphatic heterocycles. The molecule has 1 heterocycles. The average molecular weight is 292 g/mol. The number of sulfone groups is 1. The lowest BCUT2D eigenvalue weighted by atomic mass is 9.92. The molecule has 0 aliphatic carbocycles. The lowest BCUT2D eigenvalue weighted by Crippen LogP contribution is -2.39. The summed E-state index contributed by atoms with van der Waals surface area (Å²) in [4.78, 5) is 11.5. The van der Waals surface area contributed by atoms with Crippen molar-refractivity contribution in [2.45, 2.75) is 32.8 Å². The summed E-state index contributed by atoms with van der Waals surface area (Å²) in [7, 11) is -2.92. The Hall–Kier alpha value is -0.820. The van der Waals surface area contributed by atoms with Gasteiger partial charge >= 0.3 is 6.09 Å². The van der Waals surface area contributed by atoms with Gasteiger partial charge in [-0.25, -0.2) is 13.2 Å². The minimum Gasteiger partial charge on any atom is -0.444 e. The van der Waals surface area contributed by atoms with Crippen LogP contribution in [-0.2, 0) is 14.6 Å². The number of nitrogens with one attached hydrogen (secondary N) is 1. The number of nitrogens with two attached hydrogens (primary N) is 1. The molecule has 19 heavy (non-hydrogen) atoms. The van der Waals surface area contributed by atoms with Crippen LogP contribution in [0.1, 0.15) is 27.2 Å². The highest BCUT2D eigenvalue weighted by molar-refractivity contribution is 7.91. The van der Waals surface area contributed by atoms with E-state index >= 15 is 0 Å². The van der Waals surface area contributed by atoms with Crippen LogP contribution in [0.4, 0.5) is 4.79 Å². The molecule has 2 atom stereocenters. The van der Waals surface area contributed by atoms with Crippen molar-refractivity contribution in [3.63, 3.8) is 0 Å². The molecule has 1 fully saturated rings. The first-order chi connectivity index (χ1) is 8.63. The highest BCUT2D eigenvalue weighted by Crippen LogP contribution is 2.25. The Kier molecular flexibility index (Phi) is 5.20. The SMILES string of the molecule is CC(C)(C)OC(=O)NCC(CN)C1CCS(=O)(=O)C1. The summed E-state index contributed by atoms with van der Waals surface area (Å²) in [5, 5.41) is 2.66. The first kappa shape index (κ1) is 16.2. The first-order valence-electron chi connectivity index (χ1n) is 6.50. The Morgan fingerprint density at radius 2 is 2.11 bits per heavy atom. The van der Waals surface area contributed by atoms with Gasteiger partial charge in [-0.05, 0) is 45.6 Å². The van der Waals surface area contributed by atoms with E-state index in [2.05, 4.69) is 5.32 Å². The van der Waals surface area contributed by atoms with Gasteiger partial charge in [-0.3, -0.25) is 0 Å². The molecule has 0 aromatic carbocycles. The maximum atomic E-state index is 11.5. The van der Waals surface area contributed by atoms with Gasteiger partial charge < -0.3 is 15.8 Å². The van der Waals surface area contributed by atoms with Gasteiger partial charge in [-0.2, -0.15) is 0 Å². The van der Waals surface area contributed by atoms with Crippen LogP contribution in [0, 0.1) is 11.8 Å². The number of alkyl carbamates (subject to hydrolysis) is 1. The molecule has 1 saturated heterocycles. The summed E-state index contributed by atoms with van der Waals surface area (Å²) < 4.78 is 28.0. The van der Waals surface area contributed by atoms with Crippen molar-refractivity contribution in [2.75, 3.05) is 24.6 Å². The lowest BCUT2D eigenvalue weighted by Gasteiger charge is -2.23. The number of hydrogen-bond donors (Lipinski definition) is 2. The molecule has 0 aromatic heterocycles. The van der Waals surface area contributed by atoms with Gasteiger partial charge in [0.1, 0.15) is 5.60 Å². The van der Waals surface area contributed by atoms with Crippen molar-refractivity contribution >= 4 is 15.9 Å². The van der Waals surface area contributed by atoms with Crippen LogP contribution in [0.3, 0.4) is 0 Å². The fraction of sp³-hybridized carbons (Fsp3) is 0.917. The van der Waals surface area contributed by atoms with E-state index in [0.29, 0.717) is 19.5 Å². The molecule has 1 aliphatic rings. The van der Waals surface area contributed by atoms with Crippen LogP contribution in [0.25, 0.3) is 0 Å². The second-order valence-electron chi connectivity index (χ2n) is 6.04. The van der Waals surface area contributed by atoms with E-state index in [1.165, 1.54) is 0 Å². The first-order valence-corrected chi connectivity index (χ1v) is 8.32. The standard InChI is InChI=1S/C12H24N2O4S/c1-12(2,3)18-11(15)14-7-10(6-13)9-4-5-19(16,17)8-9/h9-10H,4-8,13H2,1-3H3,(H,14,15). The molecule has 1 rings (SSSR count). The maximum Gasteiger partial charge on any atom is 0.407 e. The van der Waals surface area contributed by atoms with Crippen LogP contribution in [0.5, 0.6) is 0 Å².